The van der Waals surface area contributed by atoms with Gasteiger partial charge in [-0.2, -0.15) is 0 Å². The zero-order chi connectivity index (χ0) is 18.2. The molecule has 2 atom stereocenters. The lowest BCUT2D eigenvalue weighted by atomic mass is 9.94. The highest BCUT2D eigenvalue weighted by atomic mass is 15.3. The van der Waals surface area contributed by atoms with Crippen molar-refractivity contribution in [1.82, 2.24) is 20.4 Å². The highest BCUT2D eigenvalue weighted by Gasteiger charge is 2.31. The van der Waals surface area contributed by atoms with Crippen LogP contribution >= 0.6 is 0 Å². The van der Waals surface area contributed by atoms with Gasteiger partial charge in [0.05, 0.1) is 0 Å². The lowest BCUT2D eigenvalue weighted by Crippen LogP contribution is -2.47. The van der Waals surface area contributed by atoms with Crippen molar-refractivity contribution in [2.75, 3.05) is 45.8 Å². The van der Waals surface area contributed by atoms with E-state index >= 15 is 0 Å². The van der Waals surface area contributed by atoms with Crippen LogP contribution in [0, 0.1) is 11.8 Å². The van der Waals surface area contributed by atoms with Crippen LogP contribution in [0.2, 0.25) is 0 Å². The van der Waals surface area contributed by atoms with Crippen LogP contribution in [0.3, 0.4) is 0 Å². The molecule has 146 valence electrons. The van der Waals surface area contributed by atoms with Crippen LogP contribution in [-0.4, -0.2) is 73.7 Å². The van der Waals surface area contributed by atoms with Gasteiger partial charge in [-0.25, -0.2) is 0 Å². The molecule has 0 aliphatic carbocycles. The van der Waals surface area contributed by atoms with E-state index in [4.69, 9.17) is 4.99 Å². The standard InChI is InChI=1S/C20H41N5/c1-6-21-20(23-19-15-25(16(3)4)14-17(19)5)22-11-8-18-9-12-24(7-2)13-10-18/h16-19H,6-15H2,1-5H3,(H2,21,22,23). The summed E-state index contributed by atoms with van der Waals surface area (Å²) in [6.45, 7) is 19.3. The van der Waals surface area contributed by atoms with Crippen molar-refractivity contribution in [3.63, 3.8) is 0 Å². The molecule has 2 rings (SSSR count). The van der Waals surface area contributed by atoms with Crippen molar-refractivity contribution >= 4 is 5.96 Å². The van der Waals surface area contributed by atoms with Crippen LogP contribution < -0.4 is 10.6 Å². The first-order valence-electron chi connectivity index (χ1n) is 10.5. The maximum atomic E-state index is 4.88. The predicted molar refractivity (Wildman–Crippen MR) is 108 cm³/mol. The molecule has 0 radical (unpaired) electrons. The van der Waals surface area contributed by atoms with Crippen molar-refractivity contribution < 1.29 is 0 Å². The first kappa shape index (κ1) is 20.5. The van der Waals surface area contributed by atoms with Crippen molar-refractivity contribution in [2.45, 2.75) is 66.0 Å². The summed E-state index contributed by atoms with van der Waals surface area (Å²) < 4.78 is 0. The molecule has 2 aliphatic rings. The van der Waals surface area contributed by atoms with E-state index in [-0.39, 0.29) is 0 Å². The number of nitrogens with one attached hydrogen (secondary N) is 2. The second-order valence-corrected chi connectivity index (χ2v) is 8.20. The largest absolute Gasteiger partial charge is 0.357 e. The van der Waals surface area contributed by atoms with Gasteiger partial charge in [0.25, 0.3) is 0 Å². The molecule has 2 saturated heterocycles. The van der Waals surface area contributed by atoms with E-state index in [0.29, 0.717) is 18.0 Å². The molecule has 0 aromatic heterocycles. The van der Waals surface area contributed by atoms with E-state index in [1.807, 2.05) is 0 Å². The molecule has 0 saturated carbocycles. The minimum atomic E-state index is 0.507. The molecule has 5 nitrogen and oxygen atoms in total. The number of hydrogen-bond donors (Lipinski definition) is 2. The van der Waals surface area contributed by atoms with Gasteiger partial charge >= 0.3 is 0 Å². The van der Waals surface area contributed by atoms with Gasteiger partial charge in [-0.15, -0.1) is 0 Å². The number of piperidine rings is 1. The first-order valence-corrected chi connectivity index (χ1v) is 10.5. The van der Waals surface area contributed by atoms with E-state index in [0.717, 1.165) is 31.5 Å². The fourth-order valence-corrected chi connectivity index (χ4v) is 4.06. The summed E-state index contributed by atoms with van der Waals surface area (Å²) in [7, 11) is 0. The summed E-state index contributed by atoms with van der Waals surface area (Å²) >= 11 is 0. The van der Waals surface area contributed by atoms with Crippen LogP contribution in [0.15, 0.2) is 4.99 Å². The lowest BCUT2D eigenvalue weighted by Gasteiger charge is -2.30. The quantitative estimate of drug-likeness (QED) is 0.546. The Morgan fingerprint density at radius 3 is 2.44 bits per heavy atom. The van der Waals surface area contributed by atoms with Gasteiger partial charge in [-0.3, -0.25) is 9.89 Å². The fraction of sp³-hybridized carbons (Fsp3) is 0.950. The van der Waals surface area contributed by atoms with Gasteiger partial charge in [0.2, 0.25) is 0 Å². The lowest BCUT2D eigenvalue weighted by molar-refractivity contribution is 0.188. The Balaban J connectivity index is 1.78. The molecule has 0 bridgehead atoms. The molecule has 25 heavy (non-hydrogen) atoms. The molecule has 0 aromatic rings. The Bertz CT molecular complexity index is 401. The summed E-state index contributed by atoms with van der Waals surface area (Å²) in [4.78, 5) is 10.0. The maximum Gasteiger partial charge on any atom is 0.191 e. The first-order chi connectivity index (χ1) is 12.0. The molecule has 2 aliphatic heterocycles. The number of likely N-dealkylation sites (tertiary alicyclic amines) is 2. The molecule has 2 N–H and O–H groups in total. The molecule has 5 heteroatoms. The van der Waals surface area contributed by atoms with Gasteiger partial charge in [0.15, 0.2) is 5.96 Å². The second kappa shape index (κ2) is 10.4. The summed E-state index contributed by atoms with van der Waals surface area (Å²) in [5.41, 5.74) is 0. The second-order valence-electron chi connectivity index (χ2n) is 8.20. The van der Waals surface area contributed by atoms with Crippen LogP contribution in [0.4, 0.5) is 0 Å². The molecule has 2 heterocycles. The smallest absolute Gasteiger partial charge is 0.191 e. The Morgan fingerprint density at radius 2 is 1.88 bits per heavy atom. The van der Waals surface area contributed by atoms with Gasteiger partial charge in [-0.05, 0) is 71.5 Å². The topological polar surface area (TPSA) is 42.9 Å². The highest BCUT2D eigenvalue weighted by Crippen LogP contribution is 2.20. The van der Waals surface area contributed by atoms with E-state index in [2.05, 4.69) is 55.1 Å². The third-order valence-corrected chi connectivity index (χ3v) is 6.00. The molecule has 0 amide bonds. The Hall–Kier alpha value is -0.810. The molecule has 0 aromatic carbocycles. The average molecular weight is 352 g/mol. The number of nitrogens with zero attached hydrogens (tertiary/aromatic N) is 3. The van der Waals surface area contributed by atoms with Gasteiger partial charge in [0, 0.05) is 38.3 Å². The molecular weight excluding hydrogens is 310 g/mol. The maximum absolute atomic E-state index is 4.88. The van der Waals surface area contributed by atoms with Crippen LogP contribution in [0.1, 0.15) is 53.9 Å². The third kappa shape index (κ3) is 6.45. The van der Waals surface area contributed by atoms with Crippen molar-refractivity contribution in [2.24, 2.45) is 16.8 Å². The molecule has 2 unspecified atom stereocenters. The van der Waals surface area contributed by atoms with Crippen molar-refractivity contribution in [1.29, 1.82) is 0 Å². The molecular formula is C20H41N5. The summed E-state index contributed by atoms with van der Waals surface area (Å²) in [6, 6.07) is 1.13. The number of rotatable bonds is 7. The van der Waals surface area contributed by atoms with Crippen molar-refractivity contribution in [3.05, 3.63) is 0 Å². The van der Waals surface area contributed by atoms with E-state index in [1.165, 1.54) is 45.4 Å². The van der Waals surface area contributed by atoms with E-state index in [9.17, 15) is 0 Å². The number of aliphatic imine (C=N–C) groups is 1. The van der Waals surface area contributed by atoms with E-state index < -0.39 is 0 Å². The zero-order valence-electron chi connectivity index (χ0n) is 17.2. The van der Waals surface area contributed by atoms with Crippen LogP contribution in [0.25, 0.3) is 0 Å². The highest BCUT2D eigenvalue weighted by molar-refractivity contribution is 5.80. The monoisotopic (exact) mass is 351 g/mol. The summed E-state index contributed by atoms with van der Waals surface area (Å²) in [6.07, 6.45) is 3.92. The Morgan fingerprint density at radius 1 is 1.16 bits per heavy atom. The zero-order valence-corrected chi connectivity index (χ0v) is 17.2. The summed E-state index contributed by atoms with van der Waals surface area (Å²) in [5, 5.41) is 7.13. The normalized spacial score (nSPS) is 27.2. The number of guanidine groups is 1. The molecule has 2 fully saturated rings. The SMILES string of the molecule is CCNC(=NCCC1CCN(CC)CC1)NC1CN(C(C)C)CC1C. The average Bonchev–Trinajstić information content (AvgIpc) is 2.97. The summed E-state index contributed by atoms with van der Waals surface area (Å²) in [5.74, 6) is 2.54. The Labute approximate surface area is 155 Å². The van der Waals surface area contributed by atoms with Gasteiger partial charge < -0.3 is 15.5 Å². The van der Waals surface area contributed by atoms with E-state index in [1.54, 1.807) is 0 Å². The number of hydrogen-bond acceptors (Lipinski definition) is 3. The van der Waals surface area contributed by atoms with Crippen LogP contribution in [0.5, 0.6) is 0 Å². The van der Waals surface area contributed by atoms with Gasteiger partial charge in [0.1, 0.15) is 0 Å². The Kier molecular flexibility index (Phi) is 8.50. The van der Waals surface area contributed by atoms with Gasteiger partial charge in [-0.1, -0.05) is 13.8 Å². The molecule has 0 spiro atoms. The van der Waals surface area contributed by atoms with Crippen LogP contribution in [-0.2, 0) is 0 Å². The minimum Gasteiger partial charge on any atom is -0.357 e. The minimum absolute atomic E-state index is 0.507. The predicted octanol–water partition coefficient (Wildman–Crippen LogP) is 2.39. The third-order valence-electron chi connectivity index (χ3n) is 6.00. The fourth-order valence-electron chi connectivity index (χ4n) is 4.06. The van der Waals surface area contributed by atoms with Crippen molar-refractivity contribution in [3.8, 4) is 0 Å².